The number of nitrogens with one attached hydrogen (secondary N) is 1. The van der Waals surface area contributed by atoms with E-state index in [0.717, 1.165) is 13.0 Å². The van der Waals surface area contributed by atoms with Gasteiger partial charge in [0.15, 0.2) is 0 Å². The number of carboxylic acid groups (broad SMARTS) is 1. The van der Waals surface area contributed by atoms with E-state index >= 15 is 0 Å². The largest absolute Gasteiger partial charge is 0.465 e. The third-order valence-electron chi connectivity index (χ3n) is 2.55. The van der Waals surface area contributed by atoms with Crippen molar-refractivity contribution >= 4 is 6.09 Å². The Hall–Kier alpha value is -0.770. The molecule has 0 aromatic heterocycles. The summed E-state index contributed by atoms with van der Waals surface area (Å²) in [6.45, 7) is 2.89. The standard InChI is InChI=1S/C9H18N2O2/c1-11-6-2-3-8(7-11)4-5-10-9(12)13/h8,10H,2-7H2,1H3,(H,12,13). The molecule has 4 nitrogen and oxygen atoms in total. The third kappa shape index (κ3) is 4.12. The van der Waals surface area contributed by atoms with Crippen molar-refractivity contribution in [1.29, 1.82) is 0 Å². The minimum absolute atomic E-state index is 0.591. The van der Waals surface area contributed by atoms with Gasteiger partial charge in [-0.15, -0.1) is 0 Å². The highest BCUT2D eigenvalue weighted by molar-refractivity contribution is 5.64. The fraction of sp³-hybridized carbons (Fsp3) is 0.889. The maximum atomic E-state index is 10.2. The molecule has 1 rings (SSSR count). The van der Waals surface area contributed by atoms with E-state index < -0.39 is 6.09 Å². The van der Waals surface area contributed by atoms with Crippen LogP contribution in [0.1, 0.15) is 19.3 Å². The van der Waals surface area contributed by atoms with Crippen LogP contribution in [0.5, 0.6) is 0 Å². The summed E-state index contributed by atoms with van der Waals surface area (Å²) in [5.41, 5.74) is 0. The second-order valence-corrected chi connectivity index (χ2v) is 3.79. The van der Waals surface area contributed by atoms with Crippen LogP contribution in [0.3, 0.4) is 0 Å². The van der Waals surface area contributed by atoms with Gasteiger partial charge in [0, 0.05) is 13.1 Å². The van der Waals surface area contributed by atoms with Gasteiger partial charge in [-0.25, -0.2) is 4.79 Å². The Balaban J connectivity index is 2.10. The topological polar surface area (TPSA) is 52.6 Å². The highest BCUT2D eigenvalue weighted by Crippen LogP contribution is 2.17. The summed E-state index contributed by atoms with van der Waals surface area (Å²) >= 11 is 0. The maximum Gasteiger partial charge on any atom is 0.404 e. The molecule has 1 fully saturated rings. The second-order valence-electron chi connectivity index (χ2n) is 3.79. The van der Waals surface area contributed by atoms with Crippen LogP contribution in [0.15, 0.2) is 0 Å². The van der Waals surface area contributed by atoms with Gasteiger partial charge in [0.1, 0.15) is 0 Å². The number of likely N-dealkylation sites (tertiary alicyclic amines) is 1. The van der Waals surface area contributed by atoms with Gasteiger partial charge >= 0.3 is 6.09 Å². The lowest BCUT2D eigenvalue weighted by atomic mass is 9.95. The van der Waals surface area contributed by atoms with Crippen molar-refractivity contribution in [3.63, 3.8) is 0 Å². The first-order chi connectivity index (χ1) is 6.18. The third-order valence-corrected chi connectivity index (χ3v) is 2.55. The van der Waals surface area contributed by atoms with E-state index in [1.54, 1.807) is 0 Å². The number of nitrogens with zero attached hydrogens (tertiary/aromatic N) is 1. The first-order valence-electron chi connectivity index (χ1n) is 4.84. The van der Waals surface area contributed by atoms with Gasteiger partial charge in [-0.3, -0.25) is 0 Å². The molecule has 76 valence electrons. The predicted molar refractivity (Wildman–Crippen MR) is 50.9 cm³/mol. The lowest BCUT2D eigenvalue weighted by Crippen LogP contribution is -2.34. The van der Waals surface area contributed by atoms with Gasteiger partial charge in [-0.1, -0.05) is 0 Å². The Labute approximate surface area is 78.9 Å². The molecule has 0 radical (unpaired) electrons. The number of piperidine rings is 1. The molecule has 2 N–H and O–H groups in total. The Kier molecular flexibility index (Phi) is 4.02. The summed E-state index contributed by atoms with van der Waals surface area (Å²) in [7, 11) is 2.12. The highest BCUT2D eigenvalue weighted by Gasteiger charge is 2.16. The first-order valence-corrected chi connectivity index (χ1v) is 4.84. The molecular weight excluding hydrogens is 168 g/mol. The average molecular weight is 186 g/mol. The molecule has 0 aromatic carbocycles. The summed E-state index contributed by atoms with van der Waals surface area (Å²) in [6, 6.07) is 0. The van der Waals surface area contributed by atoms with Crippen LogP contribution in [-0.2, 0) is 0 Å². The Morgan fingerprint density at radius 3 is 3.08 bits per heavy atom. The SMILES string of the molecule is CN1CCCC(CCNC(=O)O)C1. The summed E-state index contributed by atoms with van der Waals surface area (Å²) in [5, 5.41) is 10.8. The molecule has 1 atom stereocenters. The minimum atomic E-state index is -0.913. The lowest BCUT2D eigenvalue weighted by Gasteiger charge is -2.29. The van der Waals surface area contributed by atoms with Crippen LogP contribution in [0, 0.1) is 5.92 Å². The Morgan fingerprint density at radius 2 is 2.46 bits per heavy atom. The number of carbonyl (C=O) groups is 1. The van der Waals surface area contributed by atoms with Crippen molar-refractivity contribution < 1.29 is 9.90 Å². The fourth-order valence-corrected chi connectivity index (χ4v) is 1.89. The van der Waals surface area contributed by atoms with Crippen LogP contribution in [0.25, 0.3) is 0 Å². The zero-order chi connectivity index (χ0) is 9.68. The second kappa shape index (κ2) is 5.07. The quantitative estimate of drug-likeness (QED) is 0.691. The summed E-state index contributed by atoms with van der Waals surface area (Å²) in [6.07, 6.45) is 2.54. The van der Waals surface area contributed by atoms with Crippen molar-refractivity contribution in [3.05, 3.63) is 0 Å². The zero-order valence-corrected chi connectivity index (χ0v) is 8.12. The summed E-state index contributed by atoms with van der Waals surface area (Å²) in [5.74, 6) is 0.672. The molecule has 0 spiro atoms. The van der Waals surface area contributed by atoms with Gasteiger partial charge in [0.2, 0.25) is 0 Å². The van der Waals surface area contributed by atoms with Crippen LogP contribution < -0.4 is 5.32 Å². The number of hydrogen-bond donors (Lipinski definition) is 2. The zero-order valence-electron chi connectivity index (χ0n) is 8.12. The molecule has 1 unspecified atom stereocenters. The predicted octanol–water partition coefficient (Wildman–Crippen LogP) is 0.986. The van der Waals surface area contributed by atoms with E-state index in [0.29, 0.717) is 12.5 Å². The van der Waals surface area contributed by atoms with Crippen molar-refractivity contribution in [2.45, 2.75) is 19.3 Å². The van der Waals surface area contributed by atoms with Crippen LogP contribution in [0.4, 0.5) is 4.79 Å². The number of hydrogen-bond acceptors (Lipinski definition) is 2. The highest BCUT2D eigenvalue weighted by atomic mass is 16.4. The molecule has 13 heavy (non-hydrogen) atoms. The van der Waals surface area contributed by atoms with Gasteiger partial charge in [0.05, 0.1) is 0 Å². The molecule has 0 aromatic rings. The molecule has 1 aliphatic heterocycles. The molecule has 0 aliphatic carbocycles. The molecule has 1 amide bonds. The molecule has 0 saturated carbocycles. The van der Waals surface area contributed by atoms with Gasteiger partial charge in [-0.2, -0.15) is 0 Å². The number of amides is 1. The summed E-state index contributed by atoms with van der Waals surface area (Å²) < 4.78 is 0. The normalized spacial score (nSPS) is 24.2. The molecule has 1 heterocycles. The van der Waals surface area contributed by atoms with Crippen molar-refractivity contribution in [3.8, 4) is 0 Å². The summed E-state index contributed by atoms with van der Waals surface area (Å²) in [4.78, 5) is 12.5. The van der Waals surface area contributed by atoms with Gasteiger partial charge < -0.3 is 15.3 Å². The van der Waals surface area contributed by atoms with Crippen LogP contribution in [0.2, 0.25) is 0 Å². The smallest absolute Gasteiger partial charge is 0.404 e. The van der Waals surface area contributed by atoms with Gasteiger partial charge in [-0.05, 0) is 38.8 Å². The van der Waals surface area contributed by atoms with Crippen molar-refractivity contribution in [1.82, 2.24) is 10.2 Å². The monoisotopic (exact) mass is 186 g/mol. The first kappa shape index (κ1) is 10.3. The Morgan fingerprint density at radius 1 is 1.69 bits per heavy atom. The Bertz CT molecular complexity index is 173. The van der Waals surface area contributed by atoms with E-state index in [9.17, 15) is 4.79 Å². The maximum absolute atomic E-state index is 10.2. The van der Waals surface area contributed by atoms with E-state index in [1.807, 2.05) is 0 Å². The van der Waals surface area contributed by atoms with Crippen LogP contribution in [-0.4, -0.2) is 42.8 Å². The van der Waals surface area contributed by atoms with E-state index in [-0.39, 0.29) is 0 Å². The fourth-order valence-electron chi connectivity index (χ4n) is 1.89. The molecule has 4 heteroatoms. The van der Waals surface area contributed by atoms with Crippen LogP contribution >= 0.6 is 0 Å². The van der Waals surface area contributed by atoms with Crippen molar-refractivity contribution in [2.24, 2.45) is 5.92 Å². The lowest BCUT2D eigenvalue weighted by molar-refractivity contribution is 0.185. The molecule has 1 saturated heterocycles. The number of rotatable bonds is 3. The average Bonchev–Trinajstić information content (AvgIpc) is 2.03. The van der Waals surface area contributed by atoms with E-state index in [1.165, 1.54) is 19.4 Å². The van der Waals surface area contributed by atoms with Gasteiger partial charge in [0.25, 0.3) is 0 Å². The van der Waals surface area contributed by atoms with E-state index in [4.69, 9.17) is 5.11 Å². The van der Waals surface area contributed by atoms with Crippen molar-refractivity contribution in [2.75, 3.05) is 26.7 Å². The molecule has 1 aliphatic rings. The molecular formula is C9H18N2O2. The van der Waals surface area contributed by atoms with E-state index in [2.05, 4.69) is 17.3 Å². The molecule has 0 bridgehead atoms. The minimum Gasteiger partial charge on any atom is -0.465 e.